The Kier molecular flexibility index (Phi) is 6.24. The van der Waals surface area contributed by atoms with Crippen molar-refractivity contribution < 1.29 is 15.0 Å². The van der Waals surface area contributed by atoms with Crippen LogP contribution >= 0.6 is 0 Å². The predicted molar refractivity (Wildman–Crippen MR) is 106 cm³/mol. The zero-order valence-electron chi connectivity index (χ0n) is 16.7. The first-order valence-corrected chi connectivity index (χ1v) is 10.3. The maximum Gasteiger partial charge on any atom is 0.233 e. The third-order valence-electron chi connectivity index (χ3n) is 6.81. The molecule has 2 fully saturated rings. The summed E-state index contributed by atoms with van der Waals surface area (Å²) < 4.78 is 0. The van der Waals surface area contributed by atoms with Gasteiger partial charge in [0.05, 0.1) is 18.1 Å². The van der Waals surface area contributed by atoms with Gasteiger partial charge in [-0.2, -0.15) is 0 Å². The smallest absolute Gasteiger partial charge is 0.233 e. The number of carbonyl (C=O) groups excluding carboxylic acids is 1. The molecule has 0 bridgehead atoms. The van der Waals surface area contributed by atoms with Crippen LogP contribution in [0.1, 0.15) is 44.6 Å². The Morgan fingerprint density at radius 3 is 2.44 bits per heavy atom. The van der Waals surface area contributed by atoms with E-state index in [0.717, 1.165) is 44.3 Å². The molecule has 0 aliphatic carbocycles. The summed E-state index contributed by atoms with van der Waals surface area (Å²) in [6.07, 6.45) is 3.23. The lowest BCUT2D eigenvalue weighted by Gasteiger charge is -2.49. The lowest BCUT2D eigenvalue weighted by Crippen LogP contribution is -2.60. The number of hydrogen-bond donors (Lipinski definition) is 2. The van der Waals surface area contributed by atoms with Gasteiger partial charge < -0.3 is 20.0 Å². The topological polar surface area (TPSA) is 64.0 Å². The summed E-state index contributed by atoms with van der Waals surface area (Å²) in [5, 5.41) is 20.6. The molecule has 3 rings (SSSR count). The second-order valence-corrected chi connectivity index (χ2v) is 8.55. The minimum absolute atomic E-state index is 0.0765. The second kappa shape index (κ2) is 8.29. The molecular formula is C22H34N2O3. The lowest BCUT2D eigenvalue weighted by molar-refractivity contribution is -0.150. The number of benzene rings is 1. The van der Waals surface area contributed by atoms with Gasteiger partial charge in [0.2, 0.25) is 5.91 Å². The molecule has 2 heterocycles. The quantitative estimate of drug-likeness (QED) is 0.828. The normalized spacial score (nSPS) is 28.9. The van der Waals surface area contributed by atoms with E-state index in [4.69, 9.17) is 0 Å². The molecule has 2 atom stereocenters. The molecule has 2 aliphatic heterocycles. The van der Waals surface area contributed by atoms with Crippen LogP contribution in [0.5, 0.6) is 0 Å². The number of aliphatic hydroxyl groups is 2. The van der Waals surface area contributed by atoms with Crippen LogP contribution in [0.25, 0.3) is 0 Å². The van der Waals surface area contributed by atoms with Crippen LogP contribution in [0.3, 0.4) is 0 Å². The minimum atomic E-state index is -0.591. The zero-order chi connectivity index (χ0) is 19.5. The number of rotatable bonds is 5. The van der Waals surface area contributed by atoms with Crippen molar-refractivity contribution in [1.82, 2.24) is 9.80 Å². The highest BCUT2D eigenvalue weighted by Crippen LogP contribution is 2.41. The number of carbonyl (C=O) groups is 1. The van der Waals surface area contributed by atoms with Crippen molar-refractivity contribution in [2.75, 3.05) is 39.8 Å². The molecule has 2 saturated heterocycles. The van der Waals surface area contributed by atoms with Gasteiger partial charge in [0.15, 0.2) is 0 Å². The van der Waals surface area contributed by atoms with E-state index in [1.54, 1.807) is 0 Å². The van der Waals surface area contributed by atoms with E-state index < -0.39 is 16.9 Å². The first-order chi connectivity index (χ1) is 13.0. The SMILES string of the molecule is CCC[C@@]1(CO)CN(C(=O)C2(c3ccccc3)CCN(C)CC2)CC[C@@H]1O. The lowest BCUT2D eigenvalue weighted by atomic mass is 9.69. The van der Waals surface area contributed by atoms with Crippen LogP contribution in [0.4, 0.5) is 0 Å². The van der Waals surface area contributed by atoms with Crippen LogP contribution < -0.4 is 0 Å². The van der Waals surface area contributed by atoms with E-state index in [9.17, 15) is 15.0 Å². The molecular weight excluding hydrogens is 340 g/mol. The Bertz CT molecular complexity index is 628. The summed E-state index contributed by atoms with van der Waals surface area (Å²) >= 11 is 0. The Morgan fingerprint density at radius 1 is 1.19 bits per heavy atom. The van der Waals surface area contributed by atoms with E-state index in [-0.39, 0.29) is 12.5 Å². The largest absolute Gasteiger partial charge is 0.396 e. The maximum atomic E-state index is 13.8. The van der Waals surface area contributed by atoms with E-state index >= 15 is 0 Å². The highest BCUT2D eigenvalue weighted by atomic mass is 16.3. The second-order valence-electron chi connectivity index (χ2n) is 8.55. The van der Waals surface area contributed by atoms with Crippen LogP contribution in [-0.2, 0) is 10.2 Å². The summed E-state index contributed by atoms with van der Waals surface area (Å²) in [5.41, 5.74) is 0.00876. The third-order valence-corrected chi connectivity index (χ3v) is 6.81. The number of amides is 1. The van der Waals surface area contributed by atoms with E-state index in [1.807, 2.05) is 23.1 Å². The van der Waals surface area contributed by atoms with E-state index in [1.165, 1.54) is 0 Å². The Labute approximate surface area is 163 Å². The van der Waals surface area contributed by atoms with Gasteiger partial charge in [-0.3, -0.25) is 4.79 Å². The van der Waals surface area contributed by atoms with Crippen molar-refractivity contribution in [1.29, 1.82) is 0 Å². The van der Waals surface area contributed by atoms with Gasteiger partial charge in [-0.05, 0) is 51.4 Å². The summed E-state index contributed by atoms with van der Waals surface area (Å²) in [4.78, 5) is 18.0. The molecule has 27 heavy (non-hydrogen) atoms. The number of aliphatic hydroxyl groups excluding tert-OH is 2. The molecule has 150 valence electrons. The van der Waals surface area contributed by atoms with Gasteiger partial charge in [-0.15, -0.1) is 0 Å². The minimum Gasteiger partial charge on any atom is -0.396 e. The number of hydrogen-bond acceptors (Lipinski definition) is 4. The van der Waals surface area contributed by atoms with Crippen molar-refractivity contribution in [2.45, 2.75) is 50.5 Å². The number of piperidine rings is 2. The summed E-state index contributed by atoms with van der Waals surface area (Å²) in [6.45, 7) is 4.80. The monoisotopic (exact) mass is 374 g/mol. The van der Waals surface area contributed by atoms with Crippen molar-refractivity contribution in [2.24, 2.45) is 5.41 Å². The fourth-order valence-electron chi connectivity index (χ4n) is 4.99. The van der Waals surface area contributed by atoms with Crippen LogP contribution in [0.2, 0.25) is 0 Å². The first-order valence-electron chi connectivity index (χ1n) is 10.3. The van der Waals surface area contributed by atoms with Crippen molar-refractivity contribution in [3.63, 3.8) is 0 Å². The Hall–Kier alpha value is -1.43. The summed E-state index contributed by atoms with van der Waals surface area (Å²) in [5.74, 6) is 0.169. The molecule has 1 aromatic rings. The average Bonchev–Trinajstić information content (AvgIpc) is 2.71. The van der Waals surface area contributed by atoms with E-state index in [2.05, 4.69) is 31.0 Å². The fraction of sp³-hybridized carbons (Fsp3) is 0.682. The fourth-order valence-corrected chi connectivity index (χ4v) is 4.99. The molecule has 0 saturated carbocycles. The van der Waals surface area contributed by atoms with Crippen molar-refractivity contribution in [3.05, 3.63) is 35.9 Å². The van der Waals surface area contributed by atoms with Crippen molar-refractivity contribution >= 4 is 5.91 Å². The molecule has 2 N–H and O–H groups in total. The number of likely N-dealkylation sites (tertiary alicyclic amines) is 2. The first kappa shape index (κ1) is 20.3. The summed E-state index contributed by atoms with van der Waals surface area (Å²) in [6, 6.07) is 10.2. The summed E-state index contributed by atoms with van der Waals surface area (Å²) in [7, 11) is 2.11. The van der Waals surface area contributed by atoms with Crippen LogP contribution in [-0.4, -0.2) is 71.9 Å². The van der Waals surface area contributed by atoms with Crippen LogP contribution in [0, 0.1) is 5.41 Å². The van der Waals surface area contributed by atoms with Crippen LogP contribution in [0.15, 0.2) is 30.3 Å². The molecule has 5 nitrogen and oxygen atoms in total. The molecule has 0 aromatic heterocycles. The van der Waals surface area contributed by atoms with Crippen molar-refractivity contribution in [3.8, 4) is 0 Å². The van der Waals surface area contributed by atoms with Gasteiger partial charge in [0.25, 0.3) is 0 Å². The zero-order valence-corrected chi connectivity index (χ0v) is 16.7. The predicted octanol–water partition coefficient (Wildman–Crippen LogP) is 2.02. The Morgan fingerprint density at radius 2 is 1.85 bits per heavy atom. The molecule has 1 amide bonds. The van der Waals surface area contributed by atoms with Gasteiger partial charge in [-0.1, -0.05) is 43.7 Å². The molecule has 0 unspecified atom stereocenters. The highest BCUT2D eigenvalue weighted by molar-refractivity contribution is 5.88. The van der Waals surface area contributed by atoms with Gasteiger partial charge in [0, 0.05) is 18.5 Å². The maximum absolute atomic E-state index is 13.8. The molecule has 1 aromatic carbocycles. The van der Waals surface area contributed by atoms with Gasteiger partial charge in [-0.25, -0.2) is 0 Å². The molecule has 0 spiro atoms. The third kappa shape index (κ3) is 3.78. The highest BCUT2D eigenvalue weighted by Gasteiger charge is 2.49. The number of nitrogens with zero attached hydrogens (tertiary/aromatic N) is 2. The van der Waals surface area contributed by atoms with Gasteiger partial charge >= 0.3 is 0 Å². The molecule has 0 radical (unpaired) electrons. The average molecular weight is 375 g/mol. The Balaban J connectivity index is 1.90. The van der Waals surface area contributed by atoms with Gasteiger partial charge in [0.1, 0.15) is 0 Å². The standard InChI is InChI=1S/C22H34N2O3/c1-3-10-21(17-25)16-24(13-9-19(21)26)20(27)22(11-14-23(2)15-12-22)18-7-5-4-6-8-18/h4-8,19,25-26H,3,9-17H2,1-2H3/t19-,21-/m0/s1. The molecule has 5 heteroatoms. The van der Waals surface area contributed by atoms with E-state index in [0.29, 0.717) is 19.5 Å². The molecule has 2 aliphatic rings.